The smallest absolute Gasteiger partial charge is 0.325 e. The highest BCUT2D eigenvalue weighted by Crippen LogP contribution is 2.05. The Labute approximate surface area is 142 Å². The van der Waals surface area contributed by atoms with Crippen molar-refractivity contribution in [1.29, 1.82) is 0 Å². The lowest BCUT2D eigenvalue weighted by Crippen LogP contribution is -2.49. The van der Waals surface area contributed by atoms with Crippen LogP contribution in [0.3, 0.4) is 0 Å². The number of nitrogens with one attached hydrogen (secondary N) is 2. The molecule has 0 aliphatic heterocycles. The molecule has 0 saturated carbocycles. The predicted octanol–water partition coefficient (Wildman–Crippen LogP) is -1.24. The number of carbonyl (C=O) groups is 4. The van der Waals surface area contributed by atoms with Gasteiger partial charge in [-0.15, -0.1) is 4.91 Å². The largest absolute Gasteiger partial charge is 0.480 e. The number of nitrogens with zero attached hydrogens (tertiary/aromatic N) is 1. The van der Waals surface area contributed by atoms with Gasteiger partial charge in [0, 0.05) is 28.7 Å². The van der Waals surface area contributed by atoms with Crippen LogP contribution in [0.2, 0.25) is 0 Å². The van der Waals surface area contributed by atoms with E-state index in [-0.39, 0.29) is 31.7 Å². The van der Waals surface area contributed by atoms with Gasteiger partial charge in [-0.2, -0.15) is 0 Å². The second kappa shape index (κ2) is 12.2. The summed E-state index contributed by atoms with van der Waals surface area (Å²) in [6.07, 6.45) is -0.328. The van der Waals surface area contributed by atoms with Crippen LogP contribution in [0.5, 0.6) is 0 Å². The number of nitroso groups, excluding NO2 is 1. The third-order valence-corrected chi connectivity index (χ3v) is 3.25. The summed E-state index contributed by atoms with van der Waals surface area (Å²) in [7, 11) is 0. The fraction of sp³-hybridized carbons (Fsp3) is 0.667. The Bertz CT molecular complexity index is 474. The van der Waals surface area contributed by atoms with Crippen LogP contribution in [0.4, 0.5) is 0 Å². The van der Waals surface area contributed by atoms with Crippen molar-refractivity contribution in [1.82, 2.24) is 10.6 Å². The summed E-state index contributed by atoms with van der Waals surface area (Å²) in [5, 5.41) is 13.2. The molecule has 0 radical (unpaired) electrons. The van der Waals surface area contributed by atoms with Gasteiger partial charge in [0.2, 0.25) is 11.8 Å². The summed E-state index contributed by atoms with van der Waals surface area (Å²) in [5.74, 6) is -3.35. The van der Waals surface area contributed by atoms with Crippen LogP contribution in [0.15, 0.2) is 4.58 Å². The molecule has 0 aliphatic rings. The van der Waals surface area contributed by atoms with Crippen LogP contribution in [0, 0.1) is 4.91 Å². The van der Waals surface area contributed by atoms with Crippen LogP contribution >= 0.6 is 11.9 Å². The highest BCUT2D eigenvalue weighted by Gasteiger charge is 2.23. The lowest BCUT2D eigenvalue weighted by atomic mass is 10.1. The molecule has 2 atom stereocenters. The Morgan fingerprint density at radius 2 is 2.00 bits per heavy atom. The summed E-state index contributed by atoms with van der Waals surface area (Å²) in [6.45, 7) is 1.38. The monoisotopic (exact) mass is 364 g/mol. The number of carbonyl (C=O) groups excluding carboxylic acids is 3. The first-order valence-corrected chi connectivity index (χ1v) is 7.91. The molecule has 0 aromatic rings. The minimum atomic E-state index is -1.24. The van der Waals surface area contributed by atoms with E-state index in [0.29, 0.717) is 11.9 Å². The minimum Gasteiger partial charge on any atom is -0.480 e. The van der Waals surface area contributed by atoms with E-state index in [1.165, 1.54) is 0 Å². The molecule has 0 unspecified atom stereocenters. The Morgan fingerprint density at radius 3 is 2.54 bits per heavy atom. The molecule has 0 aromatic carbocycles. The molecule has 0 aliphatic carbocycles. The third kappa shape index (κ3) is 9.74. The zero-order valence-corrected chi connectivity index (χ0v) is 13.8. The Hall–Kier alpha value is -2.21. The molecule has 11 nitrogen and oxygen atoms in total. The Kier molecular flexibility index (Phi) is 11.1. The number of hydrogen-bond donors (Lipinski definition) is 4. The Balaban J connectivity index is 4.49. The standard InChI is InChI=1S/C12H20N4O7S/c1-2-23-10(18)5-14-11(19)8(6-24-16-22)15-9(17)4-3-7(13)12(20)21/h7-8H,2-6,13H2,1H3,(H,14,19)(H,15,17)(H,20,21)/t7-,8-/m0/s1. The zero-order valence-electron chi connectivity index (χ0n) is 13.0. The van der Waals surface area contributed by atoms with Crippen LogP contribution < -0.4 is 16.4 Å². The van der Waals surface area contributed by atoms with Crippen LogP contribution in [-0.4, -0.2) is 59.8 Å². The molecule has 0 rings (SSSR count). The van der Waals surface area contributed by atoms with E-state index in [1.54, 1.807) is 6.92 Å². The van der Waals surface area contributed by atoms with Gasteiger partial charge in [0.1, 0.15) is 18.6 Å². The second-order valence-electron chi connectivity index (χ2n) is 4.50. The molecule has 24 heavy (non-hydrogen) atoms. The zero-order chi connectivity index (χ0) is 18.5. The van der Waals surface area contributed by atoms with E-state index in [9.17, 15) is 24.1 Å². The summed E-state index contributed by atoms with van der Waals surface area (Å²) < 4.78 is 7.17. The summed E-state index contributed by atoms with van der Waals surface area (Å²) in [5.41, 5.74) is 5.27. The maximum Gasteiger partial charge on any atom is 0.325 e. The third-order valence-electron chi connectivity index (χ3n) is 2.66. The molecule has 5 N–H and O–H groups in total. The molecule has 136 valence electrons. The van der Waals surface area contributed by atoms with Crippen molar-refractivity contribution in [2.24, 2.45) is 10.3 Å². The predicted molar refractivity (Wildman–Crippen MR) is 84.7 cm³/mol. The fourth-order valence-electron chi connectivity index (χ4n) is 1.46. The summed E-state index contributed by atoms with van der Waals surface area (Å²) >= 11 is 0.519. The molecule has 2 amide bonds. The molecule has 0 bridgehead atoms. The van der Waals surface area contributed by atoms with Gasteiger partial charge in [-0.25, -0.2) is 0 Å². The van der Waals surface area contributed by atoms with Crippen LogP contribution in [0.25, 0.3) is 0 Å². The molecular formula is C12H20N4O7S. The fourth-order valence-corrected chi connectivity index (χ4v) is 1.90. The summed E-state index contributed by atoms with van der Waals surface area (Å²) in [6, 6.07) is -2.31. The van der Waals surface area contributed by atoms with Crippen LogP contribution in [-0.2, 0) is 23.9 Å². The molecule has 12 heteroatoms. The van der Waals surface area contributed by atoms with Crippen molar-refractivity contribution in [3.63, 3.8) is 0 Å². The number of amides is 2. The number of carboxylic acids is 1. The van der Waals surface area contributed by atoms with Crippen molar-refractivity contribution < 1.29 is 29.0 Å². The SMILES string of the molecule is CCOC(=O)CNC(=O)[C@H](CSN=O)NC(=O)CC[C@H](N)C(=O)O. The van der Waals surface area contributed by atoms with E-state index >= 15 is 0 Å². The van der Waals surface area contributed by atoms with Gasteiger partial charge in [-0.1, -0.05) is 0 Å². The minimum absolute atomic E-state index is 0.114. The van der Waals surface area contributed by atoms with E-state index in [2.05, 4.69) is 20.0 Å². The van der Waals surface area contributed by atoms with Gasteiger partial charge in [-0.05, 0) is 13.3 Å². The molecule has 0 saturated heterocycles. The average Bonchev–Trinajstić information content (AvgIpc) is 2.54. The normalized spacial score (nSPS) is 12.6. The number of esters is 1. The van der Waals surface area contributed by atoms with Gasteiger partial charge in [0.15, 0.2) is 0 Å². The molecular weight excluding hydrogens is 344 g/mol. The average molecular weight is 364 g/mol. The van der Waals surface area contributed by atoms with Gasteiger partial charge in [0.25, 0.3) is 0 Å². The molecule has 0 aromatic heterocycles. The number of aliphatic carboxylic acids is 1. The highest BCUT2D eigenvalue weighted by atomic mass is 32.2. The number of carboxylic acid groups (broad SMARTS) is 1. The summed E-state index contributed by atoms with van der Waals surface area (Å²) in [4.78, 5) is 55.6. The van der Waals surface area contributed by atoms with E-state index in [4.69, 9.17) is 10.8 Å². The van der Waals surface area contributed by atoms with Crippen molar-refractivity contribution >= 4 is 35.7 Å². The van der Waals surface area contributed by atoms with E-state index < -0.39 is 35.8 Å². The van der Waals surface area contributed by atoms with Crippen molar-refractivity contribution in [3.8, 4) is 0 Å². The molecule has 0 heterocycles. The van der Waals surface area contributed by atoms with E-state index in [1.807, 2.05) is 0 Å². The quantitative estimate of drug-likeness (QED) is 0.187. The van der Waals surface area contributed by atoms with Gasteiger partial charge < -0.3 is 26.2 Å². The van der Waals surface area contributed by atoms with Crippen molar-refractivity contribution in [2.45, 2.75) is 31.8 Å². The lowest BCUT2D eigenvalue weighted by molar-refractivity contribution is -0.143. The maximum absolute atomic E-state index is 11.9. The number of nitrogens with two attached hydrogens (primary N) is 1. The van der Waals surface area contributed by atoms with Crippen molar-refractivity contribution in [3.05, 3.63) is 4.91 Å². The Morgan fingerprint density at radius 1 is 1.33 bits per heavy atom. The van der Waals surface area contributed by atoms with Gasteiger partial charge in [0.05, 0.1) is 6.61 Å². The highest BCUT2D eigenvalue weighted by molar-refractivity contribution is 7.97. The van der Waals surface area contributed by atoms with Crippen molar-refractivity contribution in [2.75, 3.05) is 18.9 Å². The first-order chi connectivity index (χ1) is 11.3. The van der Waals surface area contributed by atoms with E-state index in [0.717, 1.165) is 0 Å². The lowest BCUT2D eigenvalue weighted by Gasteiger charge is -2.17. The maximum atomic E-state index is 11.9. The topological polar surface area (TPSA) is 177 Å². The van der Waals surface area contributed by atoms with Gasteiger partial charge >= 0.3 is 11.9 Å². The number of hydrogen-bond acceptors (Lipinski definition) is 9. The van der Waals surface area contributed by atoms with Crippen LogP contribution in [0.1, 0.15) is 19.8 Å². The number of ether oxygens (including phenoxy) is 1. The molecule has 0 spiro atoms. The first kappa shape index (κ1) is 21.8. The number of rotatable bonds is 12. The van der Waals surface area contributed by atoms with Gasteiger partial charge in [-0.3, -0.25) is 19.2 Å². The second-order valence-corrected chi connectivity index (χ2v) is 5.24. The first-order valence-electron chi connectivity index (χ1n) is 6.97. The molecule has 0 fully saturated rings.